The Morgan fingerprint density at radius 1 is 0.947 bits per heavy atom. The molecule has 0 aromatic heterocycles. The standard InChI is InChI=1S/C14H18F3NO/c15-14(16,17)19-13-9-7-12(8-10-13)18-11-5-3-1-2-4-6-11/h7-11,18H,1-6H2. The molecule has 0 saturated heterocycles. The third kappa shape index (κ3) is 5.01. The Bertz CT molecular complexity index is 381. The summed E-state index contributed by atoms with van der Waals surface area (Å²) in [5.41, 5.74) is 0.849. The molecule has 1 saturated carbocycles. The van der Waals surface area contributed by atoms with Crippen LogP contribution < -0.4 is 10.1 Å². The lowest BCUT2D eigenvalue weighted by atomic mass is 10.1. The van der Waals surface area contributed by atoms with Crippen LogP contribution in [0.25, 0.3) is 0 Å². The SMILES string of the molecule is FC(F)(F)Oc1ccc(NC2CCCCCC2)cc1. The van der Waals surface area contributed by atoms with Gasteiger partial charge in [-0.05, 0) is 37.1 Å². The number of rotatable bonds is 3. The molecule has 0 heterocycles. The number of halogens is 3. The van der Waals surface area contributed by atoms with Crippen LogP contribution in [0.15, 0.2) is 24.3 Å². The second kappa shape index (κ2) is 6.17. The number of benzene rings is 1. The summed E-state index contributed by atoms with van der Waals surface area (Å²) in [5.74, 6) is -0.182. The van der Waals surface area contributed by atoms with Crippen molar-refractivity contribution < 1.29 is 17.9 Å². The van der Waals surface area contributed by atoms with E-state index in [0.717, 1.165) is 18.5 Å². The normalized spacial score (nSPS) is 17.8. The first kappa shape index (κ1) is 14.0. The summed E-state index contributed by atoms with van der Waals surface area (Å²) in [6, 6.07) is 6.37. The highest BCUT2D eigenvalue weighted by molar-refractivity contribution is 5.47. The Kier molecular flexibility index (Phi) is 4.56. The summed E-state index contributed by atoms with van der Waals surface area (Å²) in [5, 5.41) is 3.37. The van der Waals surface area contributed by atoms with Gasteiger partial charge in [0.05, 0.1) is 0 Å². The second-order valence-corrected chi connectivity index (χ2v) is 4.91. The fraction of sp³-hybridized carbons (Fsp3) is 0.571. The quantitative estimate of drug-likeness (QED) is 0.804. The zero-order valence-corrected chi connectivity index (χ0v) is 10.7. The number of nitrogens with one attached hydrogen (secondary N) is 1. The van der Waals surface area contributed by atoms with Gasteiger partial charge in [-0.2, -0.15) is 0 Å². The van der Waals surface area contributed by atoms with Gasteiger partial charge < -0.3 is 10.1 Å². The molecule has 1 aliphatic carbocycles. The van der Waals surface area contributed by atoms with Crippen molar-refractivity contribution in [3.8, 4) is 5.75 Å². The summed E-state index contributed by atoms with van der Waals surface area (Å²) >= 11 is 0. The molecule has 0 spiro atoms. The van der Waals surface area contributed by atoms with E-state index in [1.165, 1.54) is 37.8 Å². The van der Waals surface area contributed by atoms with E-state index in [2.05, 4.69) is 10.1 Å². The van der Waals surface area contributed by atoms with Crippen LogP contribution in [0, 0.1) is 0 Å². The van der Waals surface area contributed by atoms with Crippen molar-refractivity contribution in [2.45, 2.75) is 50.9 Å². The zero-order valence-electron chi connectivity index (χ0n) is 10.7. The first-order valence-electron chi connectivity index (χ1n) is 6.65. The summed E-state index contributed by atoms with van der Waals surface area (Å²) in [4.78, 5) is 0. The van der Waals surface area contributed by atoms with E-state index in [1.807, 2.05) is 0 Å². The predicted molar refractivity (Wildman–Crippen MR) is 68.2 cm³/mol. The molecule has 106 valence electrons. The lowest BCUT2D eigenvalue weighted by Gasteiger charge is -2.18. The molecule has 1 aromatic carbocycles. The molecule has 1 aromatic rings. The van der Waals surface area contributed by atoms with Gasteiger partial charge in [0.25, 0.3) is 0 Å². The Labute approximate surface area is 111 Å². The zero-order chi connectivity index (χ0) is 13.7. The monoisotopic (exact) mass is 273 g/mol. The minimum absolute atomic E-state index is 0.182. The molecule has 1 N–H and O–H groups in total. The van der Waals surface area contributed by atoms with Crippen LogP contribution in [0.1, 0.15) is 38.5 Å². The predicted octanol–water partition coefficient (Wildman–Crippen LogP) is 4.72. The Morgan fingerprint density at radius 2 is 1.53 bits per heavy atom. The summed E-state index contributed by atoms with van der Waals surface area (Å²) < 4.78 is 39.9. The van der Waals surface area contributed by atoms with Crippen molar-refractivity contribution in [3.05, 3.63) is 24.3 Å². The molecule has 0 amide bonds. The first-order valence-corrected chi connectivity index (χ1v) is 6.65. The first-order chi connectivity index (χ1) is 9.03. The number of alkyl halides is 3. The molecule has 0 atom stereocenters. The smallest absolute Gasteiger partial charge is 0.406 e. The second-order valence-electron chi connectivity index (χ2n) is 4.91. The van der Waals surface area contributed by atoms with Gasteiger partial charge in [-0.3, -0.25) is 0 Å². The van der Waals surface area contributed by atoms with Crippen molar-refractivity contribution >= 4 is 5.69 Å². The van der Waals surface area contributed by atoms with Gasteiger partial charge in [-0.25, -0.2) is 0 Å². The average molecular weight is 273 g/mol. The van der Waals surface area contributed by atoms with Crippen LogP contribution in [0.5, 0.6) is 5.75 Å². The average Bonchev–Trinajstić information content (AvgIpc) is 2.58. The van der Waals surface area contributed by atoms with Gasteiger partial charge in [-0.1, -0.05) is 25.7 Å². The van der Waals surface area contributed by atoms with Crippen LogP contribution in [0.3, 0.4) is 0 Å². The minimum atomic E-state index is -4.63. The minimum Gasteiger partial charge on any atom is -0.406 e. The van der Waals surface area contributed by atoms with Gasteiger partial charge in [0.2, 0.25) is 0 Å². The molecule has 0 radical (unpaired) electrons. The molecule has 2 nitrogen and oxygen atoms in total. The van der Waals surface area contributed by atoms with E-state index in [1.54, 1.807) is 12.1 Å². The van der Waals surface area contributed by atoms with Gasteiger partial charge in [0, 0.05) is 11.7 Å². The molecule has 1 aliphatic rings. The van der Waals surface area contributed by atoms with E-state index in [4.69, 9.17) is 0 Å². The van der Waals surface area contributed by atoms with Crippen LogP contribution in [-0.4, -0.2) is 12.4 Å². The van der Waals surface area contributed by atoms with Crippen molar-refractivity contribution in [1.82, 2.24) is 0 Å². The number of hydrogen-bond donors (Lipinski definition) is 1. The van der Waals surface area contributed by atoms with Gasteiger partial charge in [0.1, 0.15) is 5.75 Å². The van der Waals surface area contributed by atoms with Gasteiger partial charge in [-0.15, -0.1) is 13.2 Å². The highest BCUT2D eigenvalue weighted by atomic mass is 19.4. The third-order valence-electron chi connectivity index (χ3n) is 3.31. The molecule has 1 fully saturated rings. The van der Waals surface area contributed by atoms with E-state index in [0.29, 0.717) is 6.04 Å². The molecule has 0 aliphatic heterocycles. The van der Waals surface area contributed by atoms with Gasteiger partial charge in [0.15, 0.2) is 0 Å². The Hall–Kier alpha value is -1.39. The molecule has 19 heavy (non-hydrogen) atoms. The molecular weight excluding hydrogens is 255 g/mol. The molecule has 0 bridgehead atoms. The highest BCUT2D eigenvalue weighted by Crippen LogP contribution is 2.25. The fourth-order valence-electron chi connectivity index (χ4n) is 2.41. The van der Waals surface area contributed by atoms with Crippen molar-refractivity contribution in [2.24, 2.45) is 0 Å². The third-order valence-corrected chi connectivity index (χ3v) is 3.31. The van der Waals surface area contributed by atoms with Crippen LogP contribution in [-0.2, 0) is 0 Å². The Morgan fingerprint density at radius 3 is 2.05 bits per heavy atom. The Balaban J connectivity index is 1.90. The number of ether oxygens (including phenoxy) is 1. The summed E-state index contributed by atoms with van der Waals surface area (Å²) in [6.45, 7) is 0. The summed E-state index contributed by atoms with van der Waals surface area (Å²) in [7, 11) is 0. The van der Waals surface area contributed by atoms with Crippen molar-refractivity contribution in [2.75, 3.05) is 5.32 Å². The van der Waals surface area contributed by atoms with E-state index < -0.39 is 6.36 Å². The highest BCUT2D eigenvalue weighted by Gasteiger charge is 2.30. The fourth-order valence-corrected chi connectivity index (χ4v) is 2.41. The lowest BCUT2D eigenvalue weighted by molar-refractivity contribution is -0.274. The lowest BCUT2D eigenvalue weighted by Crippen LogP contribution is -2.18. The number of hydrogen-bond acceptors (Lipinski definition) is 2. The number of anilines is 1. The molecule has 2 rings (SSSR count). The largest absolute Gasteiger partial charge is 0.573 e. The summed E-state index contributed by atoms with van der Waals surface area (Å²) in [6.07, 6.45) is 2.60. The maximum absolute atomic E-state index is 12.0. The van der Waals surface area contributed by atoms with Crippen LogP contribution in [0.4, 0.5) is 18.9 Å². The van der Waals surface area contributed by atoms with Crippen molar-refractivity contribution in [1.29, 1.82) is 0 Å². The topological polar surface area (TPSA) is 21.3 Å². The molecular formula is C14H18F3NO. The van der Waals surface area contributed by atoms with Crippen molar-refractivity contribution in [3.63, 3.8) is 0 Å². The van der Waals surface area contributed by atoms with E-state index in [9.17, 15) is 13.2 Å². The van der Waals surface area contributed by atoms with Crippen LogP contribution >= 0.6 is 0 Å². The molecule has 0 unspecified atom stereocenters. The van der Waals surface area contributed by atoms with E-state index >= 15 is 0 Å². The van der Waals surface area contributed by atoms with Crippen LogP contribution in [0.2, 0.25) is 0 Å². The van der Waals surface area contributed by atoms with E-state index in [-0.39, 0.29) is 5.75 Å². The molecule has 5 heteroatoms. The maximum Gasteiger partial charge on any atom is 0.573 e. The maximum atomic E-state index is 12.0. The van der Waals surface area contributed by atoms with Gasteiger partial charge >= 0.3 is 6.36 Å².